The van der Waals surface area contributed by atoms with Crippen molar-refractivity contribution in [2.45, 2.75) is 66.0 Å². The minimum Gasteiger partial charge on any atom is -0.444 e. The first-order valence-corrected chi connectivity index (χ1v) is 12.3. The quantitative estimate of drug-likeness (QED) is 0.409. The molecule has 4 heterocycles. The number of ether oxygens (including phenoxy) is 1. The number of amides is 1. The van der Waals surface area contributed by atoms with Crippen LogP contribution in [-0.2, 0) is 4.74 Å². The van der Waals surface area contributed by atoms with E-state index in [4.69, 9.17) is 9.84 Å². The van der Waals surface area contributed by atoms with E-state index in [9.17, 15) is 9.59 Å². The topological polar surface area (TPSA) is 94.6 Å². The van der Waals surface area contributed by atoms with E-state index in [1.165, 1.54) is 0 Å². The third-order valence-electron chi connectivity index (χ3n) is 6.62. The standard InChI is InChI=1S/C27H32N6O3/c1-16-11-19(21-12-17(2)24-29-18(3)14-33(24)30-21)13-22-23(16)25(34)32(15-28-22)20-7-9-31(10-8-20)26(35)36-27(4,5)6/h11-15,20H,7-10H2,1-6H3. The highest BCUT2D eigenvalue weighted by Crippen LogP contribution is 2.27. The van der Waals surface area contributed by atoms with Crippen LogP contribution in [0.1, 0.15) is 56.5 Å². The van der Waals surface area contributed by atoms with Gasteiger partial charge in [0, 0.05) is 24.7 Å². The van der Waals surface area contributed by atoms with Gasteiger partial charge in [0.15, 0.2) is 5.65 Å². The molecule has 0 N–H and O–H groups in total. The average molecular weight is 489 g/mol. The van der Waals surface area contributed by atoms with E-state index in [1.807, 2.05) is 65.9 Å². The van der Waals surface area contributed by atoms with Crippen LogP contribution in [0.25, 0.3) is 27.8 Å². The van der Waals surface area contributed by atoms with Crippen LogP contribution in [0.3, 0.4) is 0 Å². The van der Waals surface area contributed by atoms with Gasteiger partial charge in [-0.15, -0.1) is 0 Å². The summed E-state index contributed by atoms with van der Waals surface area (Å²) >= 11 is 0. The van der Waals surface area contributed by atoms with E-state index < -0.39 is 5.60 Å². The van der Waals surface area contributed by atoms with Crippen LogP contribution in [0.15, 0.2) is 35.5 Å². The highest BCUT2D eigenvalue weighted by molar-refractivity contribution is 5.86. The zero-order valence-electron chi connectivity index (χ0n) is 21.7. The summed E-state index contributed by atoms with van der Waals surface area (Å²) in [6, 6.07) is 5.93. The molecule has 1 fully saturated rings. The van der Waals surface area contributed by atoms with Crippen LogP contribution < -0.4 is 5.56 Å². The van der Waals surface area contributed by atoms with Crippen LogP contribution in [0, 0.1) is 20.8 Å². The molecule has 1 aliphatic heterocycles. The molecule has 0 bridgehead atoms. The number of rotatable bonds is 2. The first kappa shape index (κ1) is 24.0. The zero-order chi connectivity index (χ0) is 25.8. The smallest absolute Gasteiger partial charge is 0.410 e. The minimum atomic E-state index is -0.527. The van der Waals surface area contributed by atoms with Gasteiger partial charge in [0.05, 0.1) is 34.8 Å². The largest absolute Gasteiger partial charge is 0.444 e. The lowest BCUT2D eigenvalue weighted by Gasteiger charge is -2.34. The number of piperidine rings is 1. The van der Waals surface area contributed by atoms with Gasteiger partial charge < -0.3 is 9.64 Å². The fourth-order valence-electron chi connectivity index (χ4n) is 4.90. The molecule has 9 nitrogen and oxygen atoms in total. The lowest BCUT2D eigenvalue weighted by molar-refractivity contribution is 0.0187. The molecule has 4 aromatic rings. The Morgan fingerprint density at radius 1 is 1.06 bits per heavy atom. The van der Waals surface area contributed by atoms with Crippen molar-refractivity contribution in [2.75, 3.05) is 13.1 Å². The van der Waals surface area contributed by atoms with Crippen molar-refractivity contribution < 1.29 is 9.53 Å². The fourth-order valence-corrected chi connectivity index (χ4v) is 4.90. The molecule has 1 saturated heterocycles. The second kappa shape index (κ2) is 8.72. The predicted octanol–water partition coefficient (Wildman–Crippen LogP) is 4.60. The lowest BCUT2D eigenvalue weighted by atomic mass is 10.0. The second-order valence-corrected chi connectivity index (χ2v) is 10.7. The van der Waals surface area contributed by atoms with Crippen molar-refractivity contribution in [3.63, 3.8) is 0 Å². The number of likely N-dealkylation sites (tertiary alicyclic amines) is 1. The van der Waals surface area contributed by atoms with Crippen LogP contribution in [0.2, 0.25) is 0 Å². The summed E-state index contributed by atoms with van der Waals surface area (Å²) in [5.74, 6) is 0. The maximum absolute atomic E-state index is 13.5. The van der Waals surface area contributed by atoms with E-state index in [2.05, 4.69) is 9.97 Å². The SMILES string of the molecule is Cc1cn2nc(-c3cc(C)c4c(=O)n(C5CCN(C(=O)OC(C)(C)C)CC5)cnc4c3)cc(C)c2n1. The summed E-state index contributed by atoms with van der Waals surface area (Å²) in [6.07, 6.45) is 4.60. The summed E-state index contributed by atoms with van der Waals surface area (Å²) in [7, 11) is 0. The molecule has 0 radical (unpaired) electrons. The van der Waals surface area contributed by atoms with Gasteiger partial charge in [-0.2, -0.15) is 5.10 Å². The maximum atomic E-state index is 13.5. The number of carbonyl (C=O) groups excluding carboxylic acids is 1. The number of aromatic nitrogens is 5. The summed E-state index contributed by atoms with van der Waals surface area (Å²) < 4.78 is 9.02. The summed E-state index contributed by atoms with van der Waals surface area (Å²) in [6.45, 7) is 12.6. The van der Waals surface area contributed by atoms with E-state index in [-0.39, 0.29) is 17.7 Å². The van der Waals surface area contributed by atoms with Crippen molar-refractivity contribution in [1.82, 2.24) is 29.0 Å². The van der Waals surface area contributed by atoms with Crippen molar-refractivity contribution in [1.29, 1.82) is 0 Å². The molecule has 0 aliphatic carbocycles. The molecule has 188 valence electrons. The Labute approximate surface area is 209 Å². The van der Waals surface area contributed by atoms with Crippen molar-refractivity contribution >= 4 is 22.6 Å². The number of imidazole rings is 1. The van der Waals surface area contributed by atoms with Gasteiger partial charge >= 0.3 is 6.09 Å². The highest BCUT2D eigenvalue weighted by Gasteiger charge is 2.28. The van der Waals surface area contributed by atoms with Crippen molar-refractivity contribution in [3.8, 4) is 11.3 Å². The Kier molecular flexibility index (Phi) is 5.81. The second-order valence-electron chi connectivity index (χ2n) is 10.7. The van der Waals surface area contributed by atoms with Crippen LogP contribution in [0.5, 0.6) is 0 Å². The molecule has 36 heavy (non-hydrogen) atoms. The van der Waals surface area contributed by atoms with Gasteiger partial charge in [0.25, 0.3) is 5.56 Å². The van der Waals surface area contributed by atoms with Gasteiger partial charge in [-0.05, 0) is 83.7 Å². The molecular formula is C27H32N6O3. The summed E-state index contributed by atoms with van der Waals surface area (Å²) in [5.41, 5.74) is 5.44. The number of aryl methyl sites for hydroxylation is 3. The van der Waals surface area contributed by atoms with E-state index >= 15 is 0 Å². The Morgan fingerprint density at radius 3 is 2.47 bits per heavy atom. The third kappa shape index (κ3) is 4.45. The average Bonchev–Trinajstić information content (AvgIpc) is 3.19. The number of benzene rings is 1. The molecular weight excluding hydrogens is 456 g/mol. The monoisotopic (exact) mass is 488 g/mol. The number of carbonyl (C=O) groups is 1. The van der Waals surface area contributed by atoms with Gasteiger partial charge in [-0.25, -0.2) is 19.3 Å². The number of fused-ring (bicyclic) bond motifs is 2. The number of hydrogen-bond acceptors (Lipinski definition) is 6. The first-order chi connectivity index (χ1) is 17.0. The Bertz CT molecular complexity index is 1540. The zero-order valence-corrected chi connectivity index (χ0v) is 21.7. The molecule has 1 aliphatic rings. The van der Waals surface area contributed by atoms with Crippen molar-refractivity contribution in [2.24, 2.45) is 0 Å². The Morgan fingerprint density at radius 2 is 1.78 bits per heavy atom. The number of nitrogens with zero attached hydrogens (tertiary/aromatic N) is 6. The molecule has 1 aromatic carbocycles. The molecule has 0 atom stereocenters. The van der Waals surface area contributed by atoms with Crippen LogP contribution in [-0.4, -0.2) is 53.8 Å². The molecule has 0 unspecified atom stereocenters. The Hall–Kier alpha value is -3.75. The molecule has 3 aromatic heterocycles. The minimum absolute atomic E-state index is 0.0108. The van der Waals surface area contributed by atoms with Crippen molar-refractivity contribution in [3.05, 3.63) is 57.9 Å². The van der Waals surface area contributed by atoms with E-state index in [0.29, 0.717) is 36.8 Å². The molecule has 1 amide bonds. The number of hydrogen-bond donors (Lipinski definition) is 0. The van der Waals surface area contributed by atoms with Gasteiger partial charge in [-0.1, -0.05) is 0 Å². The summed E-state index contributed by atoms with van der Waals surface area (Å²) in [5, 5.41) is 5.35. The van der Waals surface area contributed by atoms with E-state index in [0.717, 1.165) is 33.7 Å². The molecule has 0 spiro atoms. The van der Waals surface area contributed by atoms with Crippen LogP contribution >= 0.6 is 0 Å². The normalized spacial score (nSPS) is 15.1. The molecule has 0 saturated carbocycles. The lowest BCUT2D eigenvalue weighted by Crippen LogP contribution is -2.43. The van der Waals surface area contributed by atoms with Gasteiger partial charge in [0.2, 0.25) is 0 Å². The van der Waals surface area contributed by atoms with E-state index in [1.54, 1.807) is 20.3 Å². The highest BCUT2D eigenvalue weighted by atomic mass is 16.6. The van der Waals surface area contributed by atoms with Crippen LogP contribution in [0.4, 0.5) is 4.79 Å². The summed E-state index contributed by atoms with van der Waals surface area (Å²) in [4.78, 5) is 36.8. The van der Waals surface area contributed by atoms with Gasteiger partial charge in [0.1, 0.15) is 5.60 Å². The third-order valence-corrected chi connectivity index (χ3v) is 6.62. The Balaban J connectivity index is 1.43. The fraction of sp³-hybridized carbons (Fsp3) is 0.444. The first-order valence-electron chi connectivity index (χ1n) is 12.3. The molecule has 5 rings (SSSR count). The maximum Gasteiger partial charge on any atom is 0.410 e. The molecule has 9 heteroatoms. The predicted molar refractivity (Wildman–Crippen MR) is 138 cm³/mol. The van der Waals surface area contributed by atoms with Gasteiger partial charge in [-0.3, -0.25) is 9.36 Å².